The topological polar surface area (TPSA) is 0 Å². The molecule has 0 radical (unpaired) electrons. The highest BCUT2D eigenvalue weighted by molar-refractivity contribution is 9.08. The van der Waals surface area contributed by atoms with Gasteiger partial charge in [-0.05, 0) is 71.4 Å². The number of halogens is 2. The number of rotatable bonds is 9. The molecule has 0 aliphatic carbocycles. The maximum Gasteiger partial charge on any atom is 0.116 e. The zero-order valence-corrected chi connectivity index (χ0v) is 35.1. The Balaban J connectivity index is 0.000000175. The fourth-order valence-electron chi connectivity index (χ4n) is 6.37. The van der Waals surface area contributed by atoms with Crippen LogP contribution in [0.1, 0.15) is 11.1 Å². The first kappa shape index (κ1) is 40.8. The normalized spacial score (nSPS) is 10.5. The van der Waals surface area contributed by atoms with E-state index in [0.29, 0.717) is 0 Å². The molecular weight excluding hydrogens is 822 g/mol. The second-order valence-electron chi connectivity index (χ2n) is 12.4. The van der Waals surface area contributed by atoms with Gasteiger partial charge >= 0.3 is 0 Å². The highest BCUT2D eigenvalue weighted by atomic mass is 79.9. The van der Waals surface area contributed by atoms with Crippen molar-refractivity contribution in [1.29, 1.82) is 0 Å². The summed E-state index contributed by atoms with van der Waals surface area (Å²) in [4.78, 5) is 0. The lowest BCUT2D eigenvalue weighted by molar-refractivity contribution is -0.0000101. The molecule has 268 valence electrons. The Kier molecular flexibility index (Phi) is 16.7. The standard InChI is InChI=1S/C25H22P.C18H15P.C7H7Br.BrH/c1-5-13-22(14-6-1)21-26(23-15-7-2-8-16-23,24-17-9-3-10-18-24)25-19-11-4-12-20-25;1-4-10-16(11-5-1)19(17-12-6-2-7-13-17)18-14-8-3-9-15-18;8-6-7-4-2-1-3-5-7;/h1-20H,21H2;1-15H;1-5H,6H2;1H/q+1;;;/p-1. The quantitative estimate of drug-likeness (QED) is 0.102. The summed E-state index contributed by atoms with van der Waals surface area (Å²) >= 11 is 3.36. The smallest absolute Gasteiger partial charge is 0.116 e. The Hall–Kier alpha value is -4.42. The summed E-state index contributed by atoms with van der Waals surface area (Å²) in [7, 11) is -2.22. The van der Waals surface area contributed by atoms with Crippen LogP contribution in [-0.4, -0.2) is 0 Å². The fourth-order valence-corrected chi connectivity index (χ4v) is 13.3. The van der Waals surface area contributed by atoms with Gasteiger partial charge < -0.3 is 17.0 Å². The van der Waals surface area contributed by atoms with E-state index in [9.17, 15) is 0 Å². The molecule has 0 spiro atoms. The number of hydrogen-bond donors (Lipinski definition) is 0. The summed E-state index contributed by atoms with van der Waals surface area (Å²) < 4.78 is 0. The van der Waals surface area contributed by atoms with Crippen LogP contribution in [0.25, 0.3) is 0 Å². The van der Waals surface area contributed by atoms with E-state index < -0.39 is 15.2 Å². The van der Waals surface area contributed by atoms with Crippen molar-refractivity contribution in [2.45, 2.75) is 11.5 Å². The molecule has 54 heavy (non-hydrogen) atoms. The second kappa shape index (κ2) is 22.1. The summed E-state index contributed by atoms with van der Waals surface area (Å²) in [5, 5.41) is 9.44. The van der Waals surface area contributed by atoms with E-state index in [1.165, 1.54) is 43.0 Å². The molecule has 0 bridgehead atoms. The van der Waals surface area contributed by atoms with Crippen LogP contribution in [0.2, 0.25) is 0 Å². The third-order valence-electron chi connectivity index (χ3n) is 8.89. The van der Waals surface area contributed by atoms with Crippen LogP contribution in [0.15, 0.2) is 243 Å². The summed E-state index contributed by atoms with van der Waals surface area (Å²) in [6, 6.07) is 86.6. The van der Waals surface area contributed by atoms with E-state index in [4.69, 9.17) is 0 Å². The van der Waals surface area contributed by atoms with Crippen molar-refractivity contribution in [2.75, 3.05) is 0 Å². The molecule has 4 heteroatoms. The van der Waals surface area contributed by atoms with Crippen molar-refractivity contribution in [3.05, 3.63) is 254 Å². The van der Waals surface area contributed by atoms with Gasteiger partial charge in [0, 0.05) is 5.33 Å². The minimum atomic E-state index is -1.78. The summed E-state index contributed by atoms with van der Waals surface area (Å²) in [6.07, 6.45) is 1.03. The molecule has 0 aliphatic rings. The van der Waals surface area contributed by atoms with Gasteiger partial charge in [-0.15, -0.1) is 0 Å². The van der Waals surface area contributed by atoms with Gasteiger partial charge in [0.1, 0.15) is 23.2 Å². The highest BCUT2D eigenvalue weighted by Crippen LogP contribution is 2.58. The second-order valence-corrected chi connectivity index (χ2v) is 18.7. The Bertz CT molecular complexity index is 1960. The van der Waals surface area contributed by atoms with Gasteiger partial charge in [0.15, 0.2) is 0 Å². The molecule has 0 heterocycles. The van der Waals surface area contributed by atoms with Gasteiger partial charge in [-0.25, -0.2) is 0 Å². The Labute approximate surface area is 343 Å². The summed E-state index contributed by atoms with van der Waals surface area (Å²) in [6.45, 7) is 0. The van der Waals surface area contributed by atoms with Crippen LogP contribution < -0.4 is 48.8 Å². The molecule has 0 nitrogen and oxygen atoms in total. The highest BCUT2D eigenvalue weighted by Gasteiger charge is 2.45. The van der Waals surface area contributed by atoms with Crippen LogP contribution in [0.3, 0.4) is 0 Å². The first-order valence-corrected chi connectivity index (χ1v) is 22.4. The third-order valence-corrected chi connectivity index (χ3v) is 16.4. The molecule has 0 saturated carbocycles. The lowest BCUT2D eigenvalue weighted by Gasteiger charge is -2.27. The number of benzene rings is 8. The zero-order valence-electron chi connectivity index (χ0n) is 30.2. The molecular formula is C50H44Br2P2. The van der Waals surface area contributed by atoms with Crippen molar-refractivity contribution < 1.29 is 17.0 Å². The monoisotopic (exact) mass is 864 g/mol. The summed E-state index contributed by atoms with van der Waals surface area (Å²) in [5.41, 5.74) is 2.71. The molecule has 8 rings (SSSR count). The van der Waals surface area contributed by atoms with Crippen LogP contribution in [-0.2, 0) is 11.5 Å². The molecule has 0 aromatic heterocycles. The maximum absolute atomic E-state index is 3.36. The minimum absolute atomic E-state index is 0. The first-order valence-electron chi connectivity index (χ1n) is 17.9. The van der Waals surface area contributed by atoms with Gasteiger partial charge in [0.2, 0.25) is 0 Å². The average Bonchev–Trinajstić information content (AvgIpc) is 3.26. The molecule has 0 unspecified atom stereocenters. The predicted octanol–water partition coefficient (Wildman–Crippen LogP) is 8.21. The van der Waals surface area contributed by atoms with Gasteiger partial charge in [-0.3, -0.25) is 0 Å². The van der Waals surface area contributed by atoms with Crippen molar-refractivity contribution in [2.24, 2.45) is 0 Å². The average molecular weight is 867 g/mol. The van der Waals surface area contributed by atoms with Crippen molar-refractivity contribution >= 4 is 62.9 Å². The van der Waals surface area contributed by atoms with E-state index in [2.05, 4.69) is 240 Å². The minimum Gasteiger partial charge on any atom is -1.00 e. The van der Waals surface area contributed by atoms with Crippen LogP contribution >= 0.6 is 31.1 Å². The lowest BCUT2D eigenvalue weighted by atomic mass is 10.2. The van der Waals surface area contributed by atoms with E-state index in [1.54, 1.807) is 0 Å². The first-order chi connectivity index (χ1) is 26.3. The van der Waals surface area contributed by atoms with Crippen LogP contribution in [0.4, 0.5) is 0 Å². The molecule has 0 fully saturated rings. The van der Waals surface area contributed by atoms with E-state index >= 15 is 0 Å². The van der Waals surface area contributed by atoms with E-state index in [0.717, 1.165) is 11.5 Å². The van der Waals surface area contributed by atoms with Gasteiger partial charge in [-0.1, -0.05) is 222 Å². The van der Waals surface area contributed by atoms with Crippen LogP contribution in [0.5, 0.6) is 0 Å². The SMILES string of the molecule is BrCc1ccccc1.[Br-].c1ccc(C[P+](c2ccccc2)(c2ccccc2)c2ccccc2)cc1.c1ccc(P(c2ccccc2)c2ccccc2)cc1. The molecule has 0 saturated heterocycles. The van der Waals surface area contributed by atoms with Gasteiger partial charge in [-0.2, -0.15) is 0 Å². The van der Waals surface area contributed by atoms with Gasteiger partial charge in [0.25, 0.3) is 0 Å². The molecule has 0 atom stereocenters. The largest absolute Gasteiger partial charge is 1.00 e. The third kappa shape index (κ3) is 11.1. The number of hydrogen-bond acceptors (Lipinski definition) is 0. The van der Waals surface area contributed by atoms with Crippen molar-refractivity contribution in [3.8, 4) is 0 Å². The molecule has 8 aromatic carbocycles. The predicted molar refractivity (Wildman–Crippen MR) is 240 cm³/mol. The Morgan fingerprint density at radius 1 is 0.315 bits per heavy atom. The van der Waals surface area contributed by atoms with Crippen molar-refractivity contribution in [3.63, 3.8) is 0 Å². The maximum atomic E-state index is 3.36. The fraction of sp³-hybridized carbons (Fsp3) is 0.0400. The van der Waals surface area contributed by atoms with Crippen molar-refractivity contribution in [1.82, 2.24) is 0 Å². The molecule has 8 aromatic rings. The Morgan fingerprint density at radius 2 is 0.556 bits per heavy atom. The lowest BCUT2D eigenvalue weighted by Crippen LogP contribution is -3.00. The molecule has 0 amide bonds. The number of alkyl halides is 1. The van der Waals surface area contributed by atoms with Crippen LogP contribution in [0, 0.1) is 0 Å². The molecule has 0 N–H and O–H groups in total. The van der Waals surface area contributed by atoms with Gasteiger partial charge in [0.05, 0.1) is 6.16 Å². The Morgan fingerprint density at radius 3 is 0.815 bits per heavy atom. The van der Waals surface area contributed by atoms with E-state index in [-0.39, 0.29) is 17.0 Å². The zero-order chi connectivity index (χ0) is 36.4. The van der Waals surface area contributed by atoms with E-state index in [1.807, 2.05) is 18.2 Å². The molecule has 0 aliphatic heterocycles. The summed E-state index contributed by atoms with van der Waals surface area (Å²) in [5.74, 6) is 0.